The predicted octanol–water partition coefficient (Wildman–Crippen LogP) is 5.33. The molecule has 27 heavy (non-hydrogen) atoms. The second-order valence-corrected chi connectivity index (χ2v) is 9.27. The Bertz CT molecular complexity index is 862. The Kier molecular flexibility index (Phi) is 5.26. The number of rotatable bonds is 5. The summed E-state index contributed by atoms with van der Waals surface area (Å²) in [5.74, 6) is 0.676. The van der Waals surface area contributed by atoms with Gasteiger partial charge in [0, 0.05) is 27.6 Å². The third-order valence-corrected chi connectivity index (χ3v) is 5.68. The van der Waals surface area contributed by atoms with Gasteiger partial charge in [0.25, 0.3) is 5.91 Å². The SMILES string of the molecule is COC1=COC=C2CC(C)(C)C(C(C)(C)CNC(=O)c3cccc(Br)c3)=C21. The fourth-order valence-corrected chi connectivity index (χ4v) is 4.70. The van der Waals surface area contributed by atoms with Gasteiger partial charge in [-0.25, -0.2) is 0 Å². The average molecular weight is 432 g/mol. The van der Waals surface area contributed by atoms with Crippen molar-refractivity contribution in [3.63, 3.8) is 0 Å². The van der Waals surface area contributed by atoms with Crippen LogP contribution in [0, 0.1) is 10.8 Å². The van der Waals surface area contributed by atoms with Gasteiger partial charge in [-0.05, 0) is 41.2 Å². The first-order chi connectivity index (χ1) is 12.7. The second kappa shape index (κ2) is 7.19. The van der Waals surface area contributed by atoms with E-state index in [1.54, 1.807) is 13.4 Å². The molecule has 0 saturated heterocycles. The number of nitrogens with one attached hydrogen (secondary N) is 1. The van der Waals surface area contributed by atoms with Crippen LogP contribution < -0.4 is 5.32 Å². The molecule has 2 aliphatic rings. The third kappa shape index (κ3) is 3.84. The van der Waals surface area contributed by atoms with Crippen molar-refractivity contribution in [2.24, 2.45) is 10.8 Å². The zero-order valence-corrected chi connectivity index (χ0v) is 18.1. The Hall–Kier alpha value is -2.01. The normalized spacial score (nSPS) is 18.3. The molecule has 0 radical (unpaired) electrons. The molecule has 0 aromatic heterocycles. The quantitative estimate of drug-likeness (QED) is 0.684. The minimum Gasteiger partial charge on any atom is -0.493 e. The summed E-state index contributed by atoms with van der Waals surface area (Å²) in [5.41, 5.74) is 3.91. The van der Waals surface area contributed by atoms with E-state index in [1.807, 2.05) is 30.5 Å². The Balaban J connectivity index is 1.88. The zero-order chi connectivity index (χ0) is 19.8. The van der Waals surface area contributed by atoms with Crippen LogP contribution in [-0.2, 0) is 9.47 Å². The van der Waals surface area contributed by atoms with Crippen LogP contribution >= 0.6 is 15.9 Å². The number of methoxy groups -OCH3 is 1. The van der Waals surface area contributed by atoms with Gasteiger partial charge in [-0.2, -0.15) is 0 Å². The van der Waals surface area contributed by atoms with E-state index in [-0.39, 0.29) is 16.7 Å². The molecular weight excluding hydrogens is 406 g/mol. The van der Waals surface area contributed by atoms with E-state index in [0.29, 0.717) is 12.1 Å². The molecule has 5 heteroatoms. The maximum absolute atomic E-state index is 12.6. The van der Waals surface area contributed by atoms with E-state index in [0.717, 1.165) is 27.8 Å². The maximum atomic E-state index is 12.6. The molecule has 0 bridgehead atoms. The molecule has 0 unspecified atom stereocenters. The Morgan fingerprint density at radius 1 is 1.33 bits per heavy atom. The van der Waals surface area contributed by atoms with Gasteiger partial charge in [-0.15, -0.1) is 0 Å². The number of hydrogen-bond donors (Lipinski definition) is 1. The zero-order valence-electron chi connectivity index (χ0n) is 16.5. The maximum Gasteiger partial charge on any atom is 0.251 e. The van der Waals surface area contributed by atoms with Crippen molar-refractivity contribution in [3.05, 3.63) is 69.3 Å². The van der Waals surface area contributed by atoms with Crippen LogP contribution in [-0.4, -0.2) is 19.6 Å². The van der Waals surface area contributed by atoms with Crippen LogP contribution in [0.1, 0.15) is 44.5 Å². The highest BCUT2D eigenvalue weighted by molar-refractivity contribution is 9.10. The first-order valence-electron chi connectivity index (χ1n) is 9.04. The number of allylic oxidation sites excluding steroid dienone is 1. The molecule has 1 N–H and O–H groups in total. The summed E-state index contributed by atoms with van der Waals surface area (Å²) in [6.07, 6.45) is 4.35. The second-order valence-electron chi connectivity index (χ2n) is 8.35. The highest BCUT2D eigenvalue weighted by Gasteiger charge is 2.45. The summed E-state index contributed by atoms with van der Waals surface area (Å²) < 4.78 is 11.9. The molecule has 1 heterocycles. The van der Waals surface area contributed by atoms with Crippen molar-refractivity contribution in [1.82, 2.24) is 5.32 Å². The lowest BCUT2D eigenvalue weighted by molar-refractivity contribution is 0.0938. The fraction of sp³-hybridized carbons (Fsp3) is 0.409. The van der Waals surface area contributed by atoms with Gasteiger partial charge in [-0.1, -0.05) is 49.7 Å². The van der Waals surface area contributed by atoms with Gasteiger partial charge in [0.15, 0.2) is 5.76 Å². The van der Waals surface area contributed by atoms with Crippen molar-refractivity contribution in [2.75, 3.05) is 13.7 Å². The van der Waals surface area contributed by atoms with Gasteiger partial charge in [-0.3, -0.25) is 4.79 Å². The molecule has 1 aliphatic heterocycles. The number of fused-ring (bicyclic) bond motifs is 1. The smallest absolute Gasteiger partial charge is 0.251 e. The minimum absolute atomic E-state index is 0.0451. The Labute approximate surface area is 169 Å². The summed E-state index contributed by atoms with van der Waals surface area (Å²) in [7, 11) is 1.66. The van der Waals surface area contributed by atoms with Crippen LogP contribution in [0.2, 0.25) is 0 Å². The number of hydrogen-bond acceptors (Lipinski definition) is 3. The van der Waals surface area contributed by atoms with E-state index < -0.39 is 0 Å². The van der Waals surface area contributed by atoms with Gasteiger partial charge in [0.2, 0.25) is 0 Å². The molecule has 3 rings (SSSR count). The first-order valence-corrected chi connectivity index (χ1v) is 9.83. The Morgan fingerprint density at radius 3 is 2.74 bits per heavy atom. The summed E-state index contributed by atoms with van der Waals surface area (Å²) in [4.78, 5) is 12.6. The van der Waals surface area contributed by atoms with E-state index in [9.17, 15) is 4.79 Å². The standard InChI is InChI=1S/C22H26BrNO3/c1-21(2)10-15-11-27-12-17(26-5)18(15)19(21)22(3,4)13-24-20(25)14-7-6-8-16(23)9-14/h6-9,11-12H,10,13H2,1-5H3,(H,24,25). The van der Waals surface area contributed by atoms with Crippen LogP contribution in [0.5, 0.6) is 0 Å². The number of halogens is 1. The summed E-state index contributed by atoms with van der Waals surface area (Å²) >= 11 is 3.42. The lowest BCUT2D eigenvalue weighted by Gasteiger charge is -2.36. The van der Waals surface area contributed by atoms with Crippen molar-refractivity contribution in [3.8, 4) is 0 Å². The topological polar surface area (TPSA) is 47.6 Å². The molecule has 1 aliphatic carbocycles. The number of carbonyl (C=O) groups excluding carboxylic acids is 1. The van der Waals surface area contributed by atoms with E-state index >= 15 is 0 Å². The molecule has 0 saturated carbocycles. The lowest BCUT2D eigenvalue weighted by Crippen LogP contribution is -2.38. The van der Waals surface area contributed by atoms with Gasteiger partial charge in [0.05, 0.1) is 13.4 Å². The van der Waals surface area contributed by atoms with E-state index in [2.05, 4.69) is 48.9 Å². The number of ether oxygens (including phenoxy) is 2. The van der Waals surface area contributed by atoms with Gasteiger partial charge < -0.3 is 14.8 Å². The van der Waals surface area contributed by atoms with Crippen LogP contribution in [0.15, 0.2) is 63.7 Å². The lowest BCUT2D eigenvalue weighted by atomic mass is 9.70. The molecule has 0 spiro atoms. The van der Waals surface area contributed by atoms with Crippen molar-refractivity contribution in [2.45, 2.75) is 34.1 Å². The van der Waals surface area contributed by atoms with Crippen molar-refractivity contribution in [1.29, 1.82) is 0 Å². The van der Waals surface area contributed by atoms with Gasteiger partial charge >= 0.3 is 0 Å². The third-order valence-electron chi connectivity index (χ3n) is 5.19. The fourth-order valence-electron chi connectivity index (χ4n) is 4.30. The van der Waals surface area contributed by atoms with Crippen LogP contribution in [0.25, 0.3) is 0 Å². The molecule has 1 amide bonds. The molecule has 1 aromatic rings. The highest BCUT2D eigenvalue weighted by Crippen LogP contribution is 2.55. The predicted molar refractivity (Wildman–Crippen MR) is 110 cm³/mol. The molecular formula is C22H26BrNO3. The molecule has 0 atom stereocenters. The molecule has 4 nitrogen and oxygen atoms in total. The Morgan fingerprint density at radius 2 is 2.07 bits per heavy atom. The van der Waals surface area contributed by atoms with Crippen molar-refractivity contribution < 1.29 is 14.3 Å². The number of benzene rings is 1. The van der Waals surface area contributed by atoms with Gasteiger partial charge in [0.1, 0.15) is 6.26 Å². The average Bonchev–Trinajstić information content (AvgIpc) is 2.90. The first kappa shape index (κ1) is 19.7. The highest BCUT2D eigenvalue weighted by atomic mass is 79.9. The number of carbonyl (C=O) groups is 1. The molecule has 0 fully saturated rings. The summed E-state index contributed by atoms with van der Waals surface area (Å²) in [6, 6.07) is 7.42. The molecule has 1 aromatic carbocycles. The monoisotopic (exact) mass is 431 g/mol. The summed E-state index contributed by atoms with van der Waals surface area (Å²) in [5, 5.41) is 3.10. The molecule has 144 valence electrons. The van der Waals surface area contributed by atoms with E-state index in [1.165, 1.54) is 5.57 Å². The summed E-state index contributed by atoms with van der Waals surface area (Å²) in [6.45, 7) is 9.35. The number of amides is 1. The van der Waals surface area contributed by atoms with Crippen LogP contribution in [0.4, 0.5) is 0 Å². The minimum atomic E-state index is -0.245. The van der Waals surface area contributed by atoms with Crippen molar-refractivity contribution >= 4 is 21.8 Å². The van der Waals surface area contributed by atoms with Crippen LogP contribution in [0.3, 0.4) is 0 Å². The van der Waals surface area contributed by atoms with E-state index in [4.69, 9.17) is 9.47 Å². The largest absolute Gasteiger partial charge is 0.493 e.